The van der Waals surface area contributed by atoms with Crippen LogP contribution >= 0.6 is 0 Å². The van der Waals surface area contributed by atoms with Crippen molar-refractivity contribution in [2.75, 3.05) is 6.61 Å². The molecule has 1 saturated carbocycles. The van der Waals surface area contributed by atoms with Gasteiger partial charge in [-0.05, 0) is 62.3 Å². The number of carbonyl (C=O) groups excluding carboxylic acids is 1. The highest BCUT2D eigenvalue weighted by Crippen LogP contribution is 2.38. The summed E-state index contributed by atoms with van der Waals surface area (Å²) in [4.78, 5) is 12.0. The van der Waals surface area contributed by atoms with Crippen LogP contribution in [0.25, 0.3) is 0 Å². The molecule has 3 rings (SSSR count). The molecule has 0 heterocycles. The van der Waals surface area contributed by atoms with Gasteiger partial charge in [0.25, 0.3) is 0 Å². The molecule has 2 aliphatic carbocycles. The smallest absolute Gasteiger partial charge is 0.326 e. The molecule has 108 valence electrons. The first-order chi connectivity index (χ1) is 9.63. The highest BCUT2D eigenvalue weighted by molar-refractivity contribution is 5.84. The maximum Gasteiger partial charge on any atom is 0.326 e. The number of carbonyl (C=O) groups is 1. The van der Waals surface area contributed by atoms with Gasteiger partial charge in [-0.25, -0.2) is 0 Å². The third kappa shape index (κ3) is 2.52. The fourth-order valence-electron chi connectivity index (χ4n) is 3.06. The van der Waals surface area contributed by atoms with Crippen LogP contribution in [0.2, 0.25) is 0 Å². The van der Waals surface area contributed by atoms with Crippen LogP contribution < -0.4 is 5.32 Å². The maximum atomic E-state index is 12.0. The van der Waals surface area contributed by atoms with E-state index in [0.717, 1.165) is 32.1 Å². The molecule has 0 saturated heterocycles. The highest BCUT2D eigenvalue weighted by Gasteiger charge is 2.52. The summed E-state index contributed by atoms with van der Waals surface area (Å²) < 4.78 is 5.16. The van der Waals surface area contributed by atoms with E-state index in [1.165, 1.54) is 11.1 Å². The fourth-order valence-corrected chi connectivity index (χ4v) is 3.06. The first-order valence-electron chi connectivity index (χ1n) is 7.39. The zero-order chi connectivity index (χ0) is 14.2. The summed E-state index contributed by atoms with van der Waals surface area (Å²) in [6.07, 6.45) is 4.62. The second-order valence-electron chi connectivity index (χ2n) is 5.84. The molecule has 1 atom stereocenters. The molecule has 1 aromatic carbocycles. The minimum Gasteiger partial charge on any atom is -0.508 e. The molecule has 2 aliphatic rings. The second-order valence-corrected chi connectivity index (χ2v) is 5.84. The van der Waals surface area contributed by atoms with E-state index in [0.29, 0.717) is 18.4 Å². The number of benzene rings is 1. The average molecular weight is 275 g/mol. The molecule has 2 N–H and O–H groups in total. The largest absolute Gasteiger partial charge is 0.508 e. The quantitative estimate of drug-likeness (QED) is 0.824. The van der Waals surface area contributed by atoms with Crippen molar-refractivity contribution in [2.24, 2.45) is 0 Å². The Morgan fingerprint density at radius 2 is 2.25 bits per heavy atom. The predicted molar refractivity (Wildman–Crippen MR) is 75.7 cm³/mol. The molecule has 1 unspecified atom stereocenters. The van der Waals surface area contributed by atoms with Crippen molar-refractivity contribution < 1.29 is 14.6 Å². The van der Waals surface area contributed by atoms with E-state index in [4.69, 9.17) is 4.74 Å². The molecular weight excluding hydrogens is 254 g/mol. The van der Waals surface area contributed by atoms with Crippen molar-refractivity contribution >= 4 is 5.97 Å². The standard InChI is InChI=1S/C16H21NO3/c1-2-20-15(19)16(7-8-16)17-13-5-3-12-10-14(18)6-4-11(12)9-13/h4,6,10,13,17-18H,2-3,5,7-9H2,1H3. The normalized spacial score (nSPS) is 22.9. The van der Waals surface area contributed by atoms with Gasteiger partial charge < -0.3 is 9.84 Å². The molecule has 1 fully saturated rings. The average Bonchev–Trinajstić information content (AvgIpc) is 3.20. The Bertz CT molecular complexity index is 522. The number of aromatic hydroxyl groups is 1. The molecule has 0 radical (unpaired) electrons. The third-order valence-corrected chi connectivity index (χ3v) is 4.31. The summed E-state index contributed by atoms with van der Waals surface area (Å²) >= 11 is 0. The van der Waals surface area contributed by atoms with Crippen molar-refractivity contribution in [3.8, 4) is 5.75 Å². The number of aryl methyl sites for hydroxylation is 1. The topological polar surface area (TPSA) is 58.6 Å². The molecular formula is C16H21NO3. The van der Waals surface area contributed by atoms with Gasteiger partial charge in [-0.15, -0.1) is 0 Å². The fraction of sp³-hybridized carbons (Fsp3) is 0.562. The number of esters is 1. The number of hydrogen-bond acceptors (Lipinski definition) is 4. The maximum absolute atomic E-state index is 12.0. The van der Waals surface area contributed by atoms with Gasteiger partial charge in [-0.2, -0.15) is 0 Å². The van der Waals surface area contributed by atoms with Crippen molar-refractivity contribution in [3.05, 3.63) is 29.3 Å². The van der Waals surface area contributed by atoms with Gasteiger partial charge in [0.1, 0.15) is 11.3 Å². The van der Waals surface area contributed by atoms with Crippen LogP contribution in [0.5, 0.6) is 5.75 Å². The lowest BCUT2D eigenvalue weighted by Gasteiger charge is -2.29. The monoisotopic (exact) mass is 275 g/mol. The second kappa shape index (κ2) is 5.09. The van der Waals surface area contributed by atoms with Crippen molar-refractivity contribution in [3.63, 3.8) is 0 Å². The van der Waals surface area contributed by atoms with E-state index in [9.17, 15) is 9.90 Å². The summed E-state index contributed by atoms with van der Waals surface area (Å²) in [5, 5.41) is 13.0. The summed E-state index contributed by atoms with van der Waals surface area (Å²) in [5.41, 5.74) is 2.07. The molecule has 0 aliphatic heterocycles. The Labute approximate surface area is 119 Å². The third-order valence-electron chi connectivity index (χ3n) is 4.31. The first-order valence-corrected chi connectivity index (χ1v) is 7.39. The van der Waals surface area contributed by atoms with Gasteiger partial charge in [0.15, 0.2) is 0 Å². The van der Waals surface area contributed by atoms with Gasteiger partial charge in [0.05, 0.1) is 6.61 Å². The van der Waals surface area contributed by atoms with Crippen molar-refractivity contribution in [2.45, 2.75) is 50.6 Å². The van der Waals surface area contributed by atoms with E-state index in [1.807, 2.05) is 19.1 Å². The van der Waals surface area contributed by atoms with Crippen LogP contribution in [0.1, 0.15) is 37.3 Å². The van der Waals surface area contributed by atoms with E-state index >= 15 is 0 Å². The Morgan fingerprint density at radius 1 is 1.45 bits per heavy atom. The van der Waals surface area contributed by atoms with Gasteiger partial charge >= 0.3 is 5.97 Å². The number of rotatable bonds is 4. The molecule has 4 heteroatoms. The summed E-state index contributed by atoms with van der Waals surface area (Å²) in [6, 6.07) is 5.89. The SMILES string of the molecule is CCOC(=O)C1(NC2CCc3cc(O)ccc3C2)CC1. The van der Waals surface area contributed by atoms with Crippen molar-refractivity contribution in [1.82, 2.24) is 5.32 Å². The Balaban J connectivity index is 1.66. The first kappa shape index (κ1) is 13.4. The van der Waals surface area contributed by atoms with E-state index in [-0.39, 0.29) is 5.97 Å². The molecule has 0 aromatic heterocycles. The minimum absolute atomic E-state index is 0.100. The zero-order valence-electron chi connectivity index (χ0n) is 11.8. The van der Waals surface area contributed by atoms with Crippen LogP contribution in [0.3, 0.4) is 0 Å². The van der Waals surface area contributed by atoms with E-state index in [2.05, 4.69) is 5.32 Å². The number of phenols is 1. The molecule has 1 aromatic rings. The molecule has 0 spiro atoms. The lowest BCUT2D eigenvalue weighted by molar-refractivity contribution is -0.147. The number of phenolic OH excluding ortho intramolecular Hbond substituents is 1. The van der Waals surface area contributed by atoms with E-state index in [1.54, 1.807) is 6.07 Å². The summed E-state index contributed by atoms with van der Waals surface area (Å²) in [6.45, 7) is 2.28. The summed E-state index contributed by atoms with van der Waals surface area (Å²) in [7, 11) is 0. The van der Waals surface area contributed by atoms with Gasteiger partial charge in [-0.3, -0.25) is 10.1 Å². The molecule has 0 amide bonds. The lowest BCUT2D eigenvalue weighted by Crippen LogP contribution is -2.48. The predicted octanol–water partition coefficient (Wildman–Crippen LogP) is 1.93. The van der Waals surface area contributed by atoms with Crippen LogP contribution in [-0.4, -0.2) is 29.3 Å². The van der Waals surface area contributed by atoms with Gasteiger partial charge in [0.2, 0.25) is 0 Å². The van der Waals surface area contributed by atoms with Gasteiger partial charge in [0, 0.05) is 6.04 Å². The number of ether oxygens (including phenoxy) is 1. The number of hydrogen-bond donors (Lipinski definition) is 2. The van der Waals surface area contributed by atoms with Crippen LogP contribution in [0.15, 0.2) is 18.2 Å². The van der Waals surface area contributed by atoms with Crippen LogP contribution in [0, 0.1) is 0 Å². The van der Waals surface area contributed by atoms with Crippen LogP contribution in [0.4, 0.5) is 0 Å². The minimum atomic E-state index is -0.422. The Kier molecular flexibility index (Phi) is 3.42. The van der Waals surface area contributed by atoms with E-state index < -0.39 is 5.54 Å². The summed E-state index contributed by atoms with van der Waals surface area (Å²) in [5.74, 6) is 0.233. The number of nitrogens with one attached hydrogen (secondary N) is 1. The lowest BCUT2D eigenvalue weighted by atomic mass is 9.87. The Morgan fingerprint density at radius 3 is 2.95 bits per heavy atom. The van der Waals surface area contributed by atoms with Crippen molar-refractivity contribution in [1.29, 1.82) is 0 Å². The zero-order valence-corrected chi connectivity index (χ0v) is 11.8. The highest BCUT2D eigenvalue weighted by atomic mass is 16.5. The Hall–Kier alpha value is -1.55. The van der Waals surface area contributed by atoms with Crippen LogP contribution in [-0.2, 0) is 22.4 Å². The molecule has 20 heavy (non-hydrogen) atoms. The number of fused-ring (bicyclic) bond motifs is 1. The van der Waals surface area contributed by atoms with Gasteiger partial charge in [-0.1, -0.05) is 6.07 Å². The molecule has 4 nitrogen and oxygen atoms in total. The molecule has 0 bridgehead atoms.